The Kier molecular flexibility index (Phi) is 4.49. The minimum absolute atomic E-state index is 0.417. The van der Waals surface area contributed by atoms with Crippen molar-refractivity contribution in [1.82, 2.24) is 5.32 Å². The van der Waals surface area contributed by atoms with Crippen molar-refractivity contribution in [1.29, 1.82) is 0 Å². The fourth-order valence-electron chi connectivity index (χ4n) is 2.39. The smallest absolute Gasteiger partial charge is 0.123 e. The van der Waals surface area contributed by atoms with E-state index in [0.29, 0.717) is 6.04 Å². The third-order valence-corrected chi connectivity index (χ3v) is 3.99. The molecule has 0 saturated heterocycles. The molecule has 0 aliphatic heterocycles. The van der Waals surface area contributed by atoms with Gasteiger partial charge >= 0.3 is 0 Å². The highest BCUT2D eigenvalue weighted by molar-refractivity contribution is 6.31. The van der Waals surface area contributed by atoms with E-state index in [4.69, 9.17) is 22.1 Å². The van der Waals surface area contributed by atoms with E-state index in [0.717, 1.165) is 53.7 Å². The van der Waals surface area contributed by atoms with Crippen LogP contribution < -0.4 is 15.8 Å². The lowest BCUT2D eigenvalue weighted by atomic mass is 9.81. The zero-order valence-electron chi connectivity index (χ0n) is 11.0. The summed E-state index contributed by atoms with van der Waals surface area (Å²) in [5.41, 5.74) is 7.92. The lowest BCUT2D eigenvalue weighted by Crippen LogP contribution is -2.41. The number of hydrogen-bond donors (Lipinski definition) is 2. The highest BCUT2D eigenvalue weighted by atomic mass is 35.5. The molecule has 0 radical (unpaired) electrons. The van der Waals surface area contributed by atoms with Crippen molar-refractivity contribution in [3.8, 4) is 5.75 Å². The van der Waals surface area contributed by atoms with Gasteiger partial charge in [-0.1, -0.05) is 11.6 Å². The first-order chi connectivity index (χ1) is 8.60. The molecule has 1 aromatic rings. The second kappa shape index (κ2) is 5.91. The quantitative estimate of drug-likeness (QED) is 0.863. The molecule has 0 bridgehead atoms. The Balaban J connectivity index is 1.90. The number of nitrogens with one attached hydrogen (secondary N) is 1. The fourth-order valence-corrected chi connectivity index (χ4v) is 2.58. The summed E-state index contributed by atoms with van der Waals surface area (Å²) in [7, 11) is 1.69. The number of halogens is 1. The van der Waals surface area contributed by atoms with Crippen LogP contribution in [0.25, 0.3) is 0 Å². The molecule has 1 aliphatic carbocycles. The summed E-state index contributed by atoms with van der Waals surface area (Å²) in [6.45, 7) is 3.79. The highest BCUT2D eigenvalue weighted by Gasteiger charge is 2.25. The Labute approximate surface area is 114 Å². The molecule has 4 heteroatoms. The SMILES string of the molecule is COc1cc(C)c(Cl)cc1CNCC1CC(N)C1. The number of hydrogen-bond acceptors (Lipinski definition) is 3. The van der Waals surface area contributed by atoms with E-state index < -0.39 is 0 Å². The van der Waals surface area contributed by atoms with E-state index in [-0.39, 0.29) is 0 Å². The van der Waals surface area contributed by atoms with Gasteiger partial charge in [0.15, 0.2) is 0 Å². The average Bonchev–Trinajstić information content (AvgIpc) is 2.31. The van der Waals surface area contributed by atoms with Crippen molar-refractivity contribution in [2.24, 2.45) is 11.7 Å². The van der Waals surface area contributed by atoms with E-state index in [2.05, 4.69) is 5.32 Å². The summed E-state index contributed by atoms with van der Waals surface area (Å²) >= 11 is 6.14. The first-order valence-corrected chi connectivity index (χ1v) is 6.77. The summed E-state index contributed by atoms with van der Waals surface area (Å²) in [5, 5.41) is 4.24. The minimum Gasteiger partial charge on any atom is -0.496 e. The van der Waals surface area contributed by atoms with E-state index in [1.807, 2.05) is 19.1 Å². The van der Waals surface area contributed by atoms with Gasteiger partial charge in [0.25, 0.3) is 0 Å². The summed E-state index contributed by atoms with van der Waals surface area (Å²) in [4.78, 5) is 0. The van der Waals surface area contributed by atoms with Crippen molar-refractivity contribution < 1.29 is 4.74 Å². The Hall–Kier alpha value is -0.770. The third-order valence-electron chi connectivity index (χ3n) is 3.58. The molecule has 18 heavy (non-hydrogen) atoms. The molecule has 1 aliphatic rings. The largest absolute Gasteiger partial charge is 0.496 e. The summed E-state index contributed by atoms with van der Waals surface area (Å²) in [6, 6.07) is 4.38. The molecule has 0 heterocycles. The Morgan fingerprint density at radius 1 is 1.44 bits per heavy atom. The van der Waals surface area contributed by atoms with Crippen LogP contribution in [-0.2, 0) is 6.54 Å². The van der Waals surface area contributed by atoms with Crippen LogP contribution in [0, 0.1) is 12.8 Å². The molecule has 100 valence electrons. The zero-order valence-corrected chi connectivity index (χ0v) is 11.8. The van der Waals surface area contributed by atoms with Gasteiger partial charge < -0.3 is 15.8 Å². The molecule has 0 unspecified atom stereocenters. The van der Waals surface area contributed by atoms with Gasteiger partial charge in [-0.25, -0.2) is 0 Å². The van der Waals surface area contributed by atoms with Gasteiger partial charge in [0.05, 0.1) is 7.11 Å². The maximum atomic E-state index is 6.14. The van der Waals surface area contributed by atoms with Crippen LogP contribution in [0.5, 0.6) is 5.75 Å². The Bertz CT molecular complexity index is 417. The van der Waals surface area contributed by atoms with Crippen molar-refractivity contribution in [3.05, 3.63) is 28.3 Å². The van der Waals surface area contributed by atoms with Crippen LogP contribution in [0.3, 0.4) is 0 Å². The number of rotatable bonds is 5. The topological polar surface area (TPSA) is 47.3 Å². The maximum absolute atomic E-state index is 6.14. The molecular formula is C14H21ClN2O. The van der Waals surface area contributed by atoms with E-state index in [1.54, 1.807) is 7.11 Å². The minimum atomic E-state index is 0.417. The molecule has 1 aromatic carbocycles. The molecular weight excluding hydrogens is 248 g/mol. The van der Waals surface area contributed by atoms with E-state index in [9.17, 15) is 0 Å². The standard InChI is InChI=1S/C14H21ClN2O/c1-9-3-14(18-2)11(6-13(9)15)8-17-7-10-4-12(16)5-10/h3,6,10,12,17H,4-5,7-8,16H2,1-2H3. The van der Waals surface area contributed by atoms with Crippen molar-refractivity contribution in [3.63, 3.8) is 0 Å². The first kappa shape index (κ1) is 13.7. The molecule has 1 saturated carbocycles. The van der Waals surface area contributed by atoms with Gasteiger partial charge in [-0.3, -0.25) is 0 Å². The van der Waals surface area contributed by atoms with E-state index >= 15 is 0 Å². The molecule has 3 N–H and O–H groups in total. The fraction of sp³-hybridized carbons (Fsp3) is 0.571. The van der Waals surface area contributed by atoms with Gasteiger partial charge in [-0.2, -0.15) is 0 Å². The van der Waals surface area contributed by atoms with Crippen LogP contribution in [-0.4, -0.2) is 19.7 Å². The van der Waals surface area contributed by atoms with Gasteiger partial charge in [-0.05, 0) is 49.9 Å². The van der Waals surface area contributed by atoms with Gasteiger partial charge in [-0.15, -0.1) is 0 Å². The molecule has 0 atom stereocenters. The van der Waals surface area contributed by atoms with Crippen LogP contribution in [0.4, 0.5) is 0 Å². The molecule has 3 nitrogen and oxygen atoms in total. The Morgan fingerprint density at radius 2 is 2.17 bits per heavy atom. The normalized spacial score (nSPS) is 22.7. The predicted molar refractivity (Wildman–Crippen MR) is 75.1 cm³/mol. The number of benzene rings is 1. The molecule has 0 amide bonds. The lowest BCUT2D eigenvalue weighted by Gasteiger charge is -2.32. The van der Waals surface area contributed by atoms with Crippen LogP contribution >= 0.6 is 11.6 Å². The zero-order chi connectivity index (χ0) is 13.1. The molecule has 2 rings (SSSR count). The van der Waals surface area contributed by atoms with Crippen molar-refractivity contribution in [2.75, 3.05) is 13.7 Å². The molecule has 0 aromatic heterocycles. The molecule has 1 fully saturated rings. The van der Waals surface area contributed by atoms with Crippen LogP contribution in [0.15, 0.2) is 12.1 Å². The van der Waals surface area contributed by atoms with Crippen LogP contribution in [0.2, 0.25) is 5.02 Å². The molecule has 0 spiro atoms. The second-order valence-corrected chi connectivity index (χ2v) is 5.55. The second-order valence-electron chi connectivity index (χ2n) is 5.14. The number of methoxy groups -OCH3 is 1. The maximum Gasteiger partial charge on any atom is 0.123 e. The van der Waals surface area contributed by atoms with Gasteiger partial charge in [0.1, 0.15) is 5.75 Å². The summed E-state index contributed by atoms with van der Waals surface area (Å²) in [6.07, 6.45) is 2.28. The summed E-state index contributed by atoms with van der Waals surface area (Å²) in [5.74, 6) is 1.63. The van der Waals surface area contributed by atoms with Gasteiger partial charge in [0, 0.05) is 23.2 Å². The summed E-state index contributed by atoms with van der Waals surface area (Å²) < 4.78 is 5.38. The number of nitrogens with two attached hydrogens (primary N) is 1. The third kappa shape index (κ3) is 3.16. The number of ether oxygens (including phenoxy) is 1. The lowest BCUT2D eigenvalue weighted by molar-refractivity contribution is 0.255. The highest BCUT2D eigenvalue weighted by Crippen LogP contribution is 2.27. The van der Waals surface area contributed by atoms with Gasteiger partial charge in [0.2, 0.25) is 0 Å². The van der Waals surface area contributed by atoms with Crippen molar-refractivity contribution in [2.45, 2.75) is 32.4 Å². The monoisotopic (exact) mass is 268 g/mol. The number of aryl methyl sites for hydroxylation is 1. The Morgan fingerprint density at radius 3 is 2.78 bits per heavy atom. The average molecular weight is 269 g/mol. The van der Waals surface area contributed by atoms with Crippen LogP contribution in [0.1, 0.15) is 24.0 Å². The first-order valence-electron chi connectivity index (χ1n) is 6.39. The van der Waals surface area contributed by atoms with Crippen molar-refractivity contribution >= 4 is 11.6 Å². The predicted octanol–water partition coefficient (Wildman–Crippen LogP) is 2.48. The van der Waals surface area contributed by atoms with E-state index in [1.165, 1.54) is 0 Å².